The Morgan fingerprint density at radius 3 is 2.70 bits per heavy atom. The molecule has 1 aromatic heterocycles. The van der Waals surface area contributed by atoms with Crippen molar-refractivity contribution in [3.8, 4) is 0 Å². The molecule has 0 aliphatic heterocycles. The zero-order valence-corrected chi connectivity index (χ0v) is 6.44. The average Bonchev–Trinajstić information content (AvgIpc) is 2.34. The number of hydrogen-bond acceptors (Lipinski definition) is 2. The highest BCUT2D eigenvalue weighted by atomic mass is 32.2. The predicted molar refractivity (Wildman–Crippen MR) is 39.0 cm³/mol. The molecule has 0 aliphatic rings. The van der Waals surface area contributed by atoms with Gasteiger partial charge in [-0.15, -0.1) is 0 Å². The topological polar surface area (TPSA) is 53.1 Å². The third-order valence-electron chi connectivity index (χ3n) is 1.20. The van der Waals surface area contributed by atoms with Crippen molar-refractivity contribution >= 4 is 10.8 Å². The summed E-state index contributed by atoms with van der Waals surface area (Å²) < 4.78 is 10.8. The van der Waals surface area contributed by atoms with Crippen LogP contribution in [-0.4, -0.2) is 20.6 Å². The number of nitrogens with one attached hydrogen (secondary N) is 1. The molecule has 0 amide bonds. The number of hydrogen-bond donors (Lipinski definition) is 2. The lowest BCUT2D eigenvalue weighted by Crippen LogP contribution is -1.88. The van der Waals surface area contributed by atoms with Crippen LogP contribution >= 0.6 is 0 Å². The first-order valence-corrected chi connectivity index (χ1v) is 4.42. The van der Waals surface area contributed by atoms with Crippen LogP contribution in [-0.2, 0) is 17.4 Å². The second-order valence-electron chi connectivity index (χ2n) is 1.96. The summed E-state index contributed by atoms with van der Waals surface area (Å²) in [6.07, 6.45) is 1.59. The molecule has 0 bridgehead atoms. The van der Waals surface area contributed by atoms with Crippen LogP contribution in [0.25, 0.3) is 0 Å². The monoisotopic (exact) mass is 159 g/mol. The Bertz CT molecular complexity index is 244. The number of H-pyrrole nitrogens is 1. The molecule has 1 atom stereocenters. The van der Waals surface area contributed by atoms with E-state index >= 15 is 0 Å². The van der Waals surface area contributed by atoms with E-state index in [4.69, 9.17) is 5.11 Å². The van der Waals surface area contributed by atoms with Crippen molar-refractivity contribution in [2.45, 2.75) is 11.6 Å². The summed E-state index contributed by atoms with van der Waals surface area (Å²) in [4.78, 5) is 2.81. The van der Waals surface area contributed by atoms with Gasteiger partial charge in [0, 0.05) is 11.9 Å². The Labute approximate surface area is 61.5 Å². The number of aliphatic hydroxyl groups excluding tert-OH is 1. The summed E-state index contributed by atoms with van der Waals surface area (Å²) >= 11 is 0. The van der Waals surface area contributed by atoms with Gasteiger partial charge in [0.05, 0.1) is 17.4 Å². The van der Waals surface area contributed by atoms with Gasteiger partial charge in [-0.25, -0.2) is 0 Å². The van der Waals surface area contributed by atoms with E-state index < -0.39 is 10.8 Å². The minimum Gasteiger partial charge on any atom is -0.390 e. The molecule has 0 aromatic carbocycles. The quantitative estimate of drug-likeness (QED) is 0.649. The molecule has 0 fully saturated rings. The van der Waals surface area contributed by atoms with Crippen molar-refractivity contribution in [1.29, 1.82) is 0 Å². The molecule has 4 heteroatoms. The first kappa shape index (κ1) is 7.50. The maximum Gasteiger partial charge on any atom is 0.104 e. The van der Waals surface area contributed by atoms with E-state index in [-0.39, 0.29) is 6.61 Å². The smallest absolute Gasteiger partial charge is 0.104 e. The molecule has 3 nitrogen and oxygen atoms in total. The van der Waals surface area contributed by atoms with Gasteiger partial charge in [-0.1, -0.05) is 0 Å². The normalized spacial score (nSPS) is 13.4. The molecule has 1 heterocycles. The van der Waals surface area contributed by atoms with Crippen LogP contribution in [0, 0.1) is 0 Å². The molecule has 0 saturated carbocycles. The lowest BCUT2D eigenvalue weighted by molar-refractivity contribution is 0.277. The third kappa shape index (κ3) is 1.46. The Morgan fingerprint density at radius 2 is 2.40 bits per heavy atom. The van der Waals surface area contributed by atoms with Crippen molar-refractivity contribution < 1.29 is 9.32 Å². The Kier molecular flexibility index (Phi) is 2.24. The van der Waals surface area contributed by atoms with Gasteiger partial charge >= 0.3 is 0 Å². The van der Waals surface area contributed by atoms with Crippen molar-refractivity contribution in [2.75, 3.05) is 6.26 Å². The van der Waals surface area contributed by atoms with E-state index in [1.807, 2.05) is 0 Å². The number of aromatic nitrogens is 1. The molecule has 0 saturated heterocycles. The fraction of sp³-hybridized carbons (Fsp3) is 0.333. The van der Waals surface area contributed by atoms with Crippen molar-refractivity contribution in [3.05, 3.63) is 17.8 Å². The Morgan fingerprint density at radius 1 is 1.70 bits per heavy atom. The summed E-state index contributed by atoms with van der Waals surface area (Å²) in [6, 6.07) is 3.43. The molecular weight excluding hydrogens is 150 g/mol. The zero-order valence-electron chi connectivity index (χ0n) is 5.63. The molecule has 1 rings (SSSR count). The van der Waals surface area contributed by atoms with Crippen molar-refractivity contribution in [1.82, 2.24) is 4.98 Å². The molecule has 0 aliphatic carbocycles. The Hall–Kier alpha value is -0.610. The summed E-state index contributed by atoms with van der Waals surface area (Å²) in [5.41, 5.74) is 0.699. The highest BCUT2D eigenvalue weighted by molar-refractivity contribution is 7.84. The fourth-order valence-electron chi connectivity index (χ4n) is 0.678. The average molecular weight is 159 g/mol. The molecular formula is C6H9NO2S. The van der Waals surface area contributed by atoms with Gasteiger partial charge in [0.2, 0.25) is 0 Å². The lowest BCUT2D eigenvalue weighted by atomic mass is 10.5. The van der Waals surface area contributed by atoms with Gasteiger partial charge < -0.3 is 10.1 Å². The molecule has 0 spiro atoms. The first-order chi connectivity index (χ1) is 4.74. The van der Waals surface area contributed by atoms with E-state index in [2.05, 4.69) is 4.98 Å². The summed E-state index contributed by atoms with van der Waals surface area (Å²) in [5, 5.41) is 9.26. The largest absolute Gasteiger partial charge is 0.390 e. The first-order valence-electron chi connectivity index (χ1n) is 2.86. The molecule has 56 valence electrons. The third-order valence-corrected chi connectivity index (χ3v) is 2.06. The summed E-state index contributed by atoms with van der Waals surface area (Å²) in [6.45, 7) is -0.0306. The van der Waals surface area contributed by atoms with Crippen LogP contribution in [0.1, 0.15) is 5.69 Å². The zero-order chi connectivity index (χ0) is 7.56. The van der Waals surface area contributed by atoms with Crippen LogP contribution in [0.4, 0.5) is 0 Å². The van der Waals surface area contributed by atoms with E-state index in [1.165, 1.54) is 0 Å². The molecule has 10 heavy (non-hydrogen) atoms. The van der Waals surface area contributed by atoms with Crippen LogP contribution in [0.3, 0.4) is 0 Å². The lowest BCUT2D eigenvalue weighted by Gasteiger charge is -1.88. The van der Waals surface area contributed by atoms with Crippen molar-refractivity contribution in [2.24, 2.45) is 0 Å². The van der Waals surface area contributed by atoms with Crippen LogP contribution in [0.5, 0.6) is 0 Å². The van der Waals surface area contributed by atoms with Crippen molar-refractivity contribution in [3.63, 3.8) is 0 Å². The number of aromatic amines is 1. The van der Waals surface area contributed by atoms with Gasteiger partial charge in [-0.3, -0.25) is 4.21 Å². The van der Waals surface area contributed by atoms with Gasteiger partial charge in [-0.2, -0.15) is 0 Å². The van der Waals surface area contributed by atoms with Crippen LogP contribution in [0.2, 0.25) is 0 Å². The van der Waals surface area contributed by atoms with Crippen LogP contribution in [0.15, 0.2) is 17.2 Å². The highest BCUT2D eigenvalue weighted by Gasteiger charge is 1.99. The van der Waals surface area contributed by atoms with Gasteiger partial charge in [0.15, 0.2) is 0 Å². The van der Waals surface area contributed by atoms with Gasteiger partial charge in [0.25, 0.3) is 0 Å². The van der Waals surface area contributed by atoms with E-state index in [1.54, 1.807) is 18.4 Å². The standard InChI is InChI=1S/C6H9NO2S/c1-10(9)6-3-2-5(4-8)7-6/h2-3,7-8H,4H2,1H3. The van der Waals surface area contributed by atoms with E-state index in [9.17, 15) is 4.21 Å². The molecule has 1 aromatic rings. The molecule has 0 radical (unpaired) electrons. The van der Waals surface area contributed by atoms with E-state index in [0.29, 0.717) is 10.7 Å². The van der Waals surface area contributed by atoms with E-state index in [0.717, 1.165) is 0 Å². The maximum absolute atomic E-state index is 10.8. The van der Waals surface area contributed by atoms with Gasteiger partial charge in [0.1, 0.15) is 5.03 Å². The number of rotatable bonds is 2. The fourth-order valence-corrected chi connectivity index (χ4v) is 1.21. The number of aliphatic hydroxyl groups is 1. The second-order valence-corrected chi connectivity index (χ2v) is 3.31. The minimum absolute atomic E-state index is 0.0306. The summed E-state index contributed by atoms with van der Waals surface area (Å²) in [5.74, 6) is 0. The predicted octanol–water partition coefficient (Wildman–Crippen LogP) is 0.244. The minimum atomic E-state index is -0.976. The molecule has 1 unspecified atom stereocenters. The SMILES string of the molecule is CS(=O)c1ccc(CO)[nH]1. The Balaban J connectivity index is 2.88. The maximum atomic E-state index is 10.8. The molecule has 2 N–H and O–H groups in total. The highest BCUT2D eigenvalue weighted by Crippen LogP contribution is 2.04. The second kappa shape index (κ2) is 2.98. The summed E-state index contributed by atoms with van der Waals surface area (Å²) in [7, 11) is -0.976. The van der Waals surface area contributed by atoms with Gasteiger partial charge in [-0.05, 0) is 12.1 Å². The van der Waals surface area contributed by atoms with Crippen LogP contribution < -0.4 is 0 Å².